The molecular formula is C42H38Cl7F2NO20S6. The summed E-state index contributed by atoms with van der Waals surface area (Å²) in [5, 5.41) is 19.5. The molecule has 0 aliphatic carbocycles. The zero-order valence-electron chi connectivity index (χ0n) is 40.0. The fourth-order valence-corrected chi connectivity index (χ4v) is 9.83. The van der Waals surface area contributed by atoms with Crippen molar-refractivity contribution in [1.29, 1.82) is 0 Å². The van der Waals surface area contributed by atoms with Crippen LogP contribution in [-0.2, 0) is 54.3 Å². The Labute approximate surface area is 478 Å². The van der Waals surface area contributed by atoms with Gasteiger partial charge in [-0.05, 0) is 91.9 Å². The number of aromatic hydroxyl groups is 1. The van der Waals surface area contributed by atoms with Gasteiger partial charge in [0.05, 0.1) is 74.9 Å². The summed E-state index contributed by atoms with van der Waals surface area (Å²) < 4.78 is 179. The minimum Gasteiger partial charge on any atom is -0.508 e. The molecule has 1 N–H and O–H groups in total. The number of phenolic OH excluding ortho intramolecular Hbond substituents is 1. The average Bonchev–Trinajstić information content (AvgIpc) is 3.33. The molecule has 6 rings (SSSR count). The standard InChI is InChI=1S/C9H11ClO5S.C7H6Cl2O3S.C7H6ClNO5S.C7H7ClO2S.C6H3ClF2O2S.C6H5ClO3S/c1-13-7-4-6(16(10,11)12)5-8(14-2)9(7)15-3;1-12-7-3-2-5(4-6(7)8)13(9,10)11;1-14-7-3-2-5(15(8,12)13)4-6(7)9(10)11;1-6-2-4-7(5-3-6)11(8,9)10;7-12(10,11)4-1-2-5(8)6(9)3-4;7-11(9,10)6-3-1-5(8)2-4-6/h4-5H,1-3H3;2-4H,1H3;2-4H,1H3;2-5H,1H3;1-3H;1-4,8H. The van der Waals surface area contributed by atoms with Crippen LogP contribution in [0.3, 0.4) is 0 Å². The van der Waals surface area contributed by atoms with Crippen molar-refractivity contribution in [2.75, 3.05) is 35.5 Å². The Hall–Kier alpha value is -4.89. The number of hydrogen-bond donors (Lipinski definition) is 1. The topological polar surface area (TPSA) is 314 Å². The highest BCUT2D eigenvalue weighted by molar-refractivity contribution is 8.15. The van der Waals surface area contributed by atoms with Gasteiger partial charge < -0.3 is 28.8 Å². The second-order valence-electron chi connectivity index (χ2n) is 13.8. The van der Waals surface area contributed by atoms with Crippen molar-refractivity contribution < 1.29 is 93.0 Å². The van der Waals surface area contributed by atoms with Gasteiger partial charge in [0.2, 0.25) is 5.75 Å². The van der Waals surface area contributed by atoms with Crippen LogP contribution in [0.4, 0.5) is 14.5 Å². The van der Waals surface area contributed by atoms with E-state index in [0.717, 1.165) is 23.8 Å². The van der Waals surface area contributed by atoms with E-state index in [9.17, 15) is 69.4 Å². The van der Waals surface area contributed by atoms with Crippen LogP contribution < -0.4 is 23.7 Å². The SMILES string of the molecule is COc1cc(S(=O)(=O)Cl)cc(OC)c1OC.COc1ccc(S(=O)(=O)Cl)cc1Cl.COc1ccc(S(=O)(=O)Cl)cc1[N+](=O)[O-].Cc1ccc(S(=O)(=O)Cl)cc1.O=S(=O)(Cl)c1ccc(F)c(F)c1.O=S(=O)(Cl)c1ccc(O)cc1. The lowest BCUT2D eigenvalue weighted by Crippen LogP contribution is -1.98. The van der Waals surface area contributed by atoms with Crippen LogP contribution in [-0.4, -0.2) is 96.1 Å². The van der Waals surface area contributed by atoms with Crippen LogP contribution in [0, 0.1) is 28.7 Å². The minimum absolute atomic E-state index is 0.00840. The highest BCUT2D eigenvalue weighted by Crippen LogP contribution is 2.40. The number of methoxy groups -OCH3 is 5. The van der Waals surface area contributed by atoms with Gasteiger partial charge in [0.15, 0.2) is 28.9 Å². The molecule has 36 heteroatoms. The predicted molar refractivity (Wildman–Crippen MR) is 288 cm³/mol. The Morgan fingerprint density at radius 3 is 1.09 bits per heavy atom. The molecule has 0 heterocycles. The second kappa shape index (κ2) is 30.6. The number of benzene rings is 6. The molecule has 430 valence electrons. The number of phenols is 1. The van der Waals surface area contributed by atoms with E-state index in [-0.39, 0.29) is 52.5 Å². The fourth-order valence-electron chi connectivity index (χ4n) is 4.90. The van der Waals surface area contributed by atoms with Gasteiger partial charge in [0.1, 0.15) is 11.5 Å². The molecule has 0 aromatic heterocycles. The van der Waals surface area contributed by atoms with Crippen molar-refractivity contribution in [3.05, 3.63) is 148 Å². The van der Waals surface area contributed by atoms with Crippen LogP contribution >= 0.6 is 75.7 Å². The summed E-state index contributed by atoms with van der Waals surface area (Å²) in [6.45, 7) is 1.88. The maximum absolute atomic E-state index is 12.4. The van der Waals surface area contributed by atoms with Gasteiger partial charge in [-0.25, -0.2) is 59.3 Å². The lowest BCUT2D eigenvalue weighted by atomic mass is 10.2. The summed E-state index contributed by atoms with van der Waals surface area (Å²) in [7, 11) is 14.5. The number of aryl methyl sites for hydroxylation is 1. The summed E-state index contributed by atoms with van der Waals surface area (Å²) in [5.41, 5.74) is 0.563. The van der Waals surface area contributed by atoms with Crippen molar-refractivity contribution in [1.82, 2.24) is 0 Å². The molecule has 0 saturated heterocycles. The Bertz CT molecular complexity index is 3660. The van der Waals surface area contributed by atoms with Crippen LogP contribution in [0.2, 0.25) is 5.02 Å². The highest BCUT2D eigenvalue weighted by atomic mass is 35.7. The molecule has 0 bridgehead atoms. The molecule has 78 heavy (non-hydrogen) atoms. The molecule has 0 aliphatic rings. The number of rotatable bonds is 12. The van der Waals surface area contributed by atoms with E-state index >= 15 is 0 Å². The summed E-state index contributed by atoms with van der Waals surface area (Å²) in [5.74, 6) is -1.17. The smallest absolute Gasteiger partial charge is 0.312 e. The maximum atomic E-state index is 12.4. The quantitative estimate of drug-likeness (QED) is 0.0676. The molecule has 0 saturated carbocycles. The summed E-state index contributed by atoms with van der Waals surface area (Å²) >= 11 is 5.69. The Balaban J connectivity index is 0.000000470. The third-order valence-electron chi connectivity index (χ3n) is 8.55. The number of hydrogen-bond acceptors (Lipinski definition) is 20. The molecular weight excluding hydrogens is 1320 g/mol. The first-order chi connectivity index (χ1) is 35.6. The van der Waals surface area contributed by atoms with Crippen LogP contribution in [0.25, 0.3) is 0 Å². The number of halogens is 9. The highest BCUT2D eigenvalue weighted by Gasteiger charge is 2.21. The van der Waals surface area contributed by atoms with E-state index < -0.39 is 81.4 Å². The van der Waals surface area contributed by atoms with Gasteiger partial charge in [0, 0.05) is 82.3 Å². The fraction of sp³-hybridized carbons (Fsp3) is 0.143. The third kappa shape index (κ3) is 24.2. The molecule has 0 atom stereocenters. The van der Waals surface area contributed by atoms with Gasteiger partial charge in [-0.15, -0.1) is 0 Å². The van der Waals surface area contributed by atoms with Gasteiger partial charge in [0.25, 0.3) is 54.3 Å². The van der Waals surface area contributed by atoms with Gasteiger partial charge in [-0.2, -0.15) is 0 Å². The van der Waals surface area contributed by atoms with Crippen LogP contribution in [0.15, 0.2) is 145 Å². The Morgan fingerprint density at radius 2 is 0.756 bits per heavy atom. The molecule has 21 nitrogen and oxygen atoms in total. The van der Waals surface area contributed by atoms with Gasteiger partial charge >= 0.3 is 5.69 Å². The predicted octanol–water partition coefficient (Wildman–Crippen LogP) is 10.6. The van der Waals surface area contributed by atoms with Crippen LogP contribution in [0.5, 0.6) is 34.5 Å². The Kier molecular flexibility index (Phi) is 27.9. The van der Waals surface area contributed by atoms with E-state index in [1.165, 1.54) is 108 Å². The normalized spacial score (nSPS) is 11.3. The number of nitro groups is 1. The zero-order chi connectivity index (χ0) is 60.4. The number of ether oxygens (including phenoxy) is 5. The van der Waals surface area contributed by atoms with E-state index in [2.05, 4.69) is 0 Å². The first kappa shape index (κ1) is 71.1. The van der Waals surface area contributed by atoms with Crippen LogP contribution in [0.1, 0.15) is 5.56 Å². The molecule has 0 aliphatic heterocycles. The first-order valence-corrected chi connectivity index (χ1v) is 33.8. The molecule has 6 aromatic rings. The molecule has 0 amide bonds. The number of nitrogens with zero attached hydrogens (tertiary/aromatic N) is 1. The lowest BCUT2D eigenvalue weighted by Gasteiger charge is -2.12. The summed E-state index contributed by atoms with van der Waals surface area (Å²) in [6, 6.07) is 23.2. The molecule has 0 spiro atoms. The lowest BCUT2D eigenvalue weighted by molar-refractivity contribution is -0.386. The second-order valence-corrected chi connectivity index (χ2v) is 29.6. The van der Waals surface area contributed by atoms with Crippen molar-refractivity contribution in [3.8, 4) is 34.5 Å². The largest absolute Gasteiger partial charge is 0.508 e. The summed E-state index contributed by atoms with van der Waals surface area (Å²) in [6.07, 6.45) is 0. The van der Waals surface area contributed by atoms with E-state index in [1.54, 1.807) is 12.1 Å². The maximum Gasteiger partial charge on any atom is 0.312 e. The van der Waals surface area contributed by atoms with Crippen molar-refractivity contribution in [3.63, 3.8) is 0 Å². The van der Waals surface area contributed by atoms with Gasteiger partial charge in [-0.1, -0.05) is 29.3 Å². The molecule has 0 fully saturated rings. The third-order valence-corrected chi connectivity index (χ3v) is 17.0. The average molecular weight is 1360 g/mol. The molecule has 0 unspecified atom stereocenters. The minimum atomic E-state index is -3.98. The van der Waals surface area contributed by atoms with Crippen molar-refractivity contribution in [2.45, 2.75) is 36.3 Å². The molecule has 6 aromatic carbocycles. The Morgan fingerprint density at radius 1 is 0.423 bits per heavy atom. The molecule has 0 radical (unpaired) electrons. The van der Waals surface area contributed by atoms with Crippen molar-refractivity contribution in [2.24, 2.45) is 0 Å². The monoisotopic (exact) mass is 1350 g/mol. The van der Waals surface area contributed by atoms with E-state index in [4.69, 9.17) is 104 Å². The van der Waals surface area contributed by atoms with E-state index in [1.807, 2.05) is 6.92 Å². The first-order valence-electron chi connectivity index (χ1n) is 19.6. The summed E-state index contributed by atoms with van der Waals surface area (Å²) in [4.78, 5) is 8.99. The van der Waals surface area contributed by atoms with E-state index in [0.29, 0.717) is 23.6 Å². The van der Waals surface area contributed by atoms with Crippen molar-refractivity contribution >= 4 is 136 Å². The zero-order valence-corrected chi connectivity index (χ0v) is 50.2. The van der Waals surface area contributed by atoms with Gasteiger partial charge in [-0.3, -0.25) is 10.1 Å². The number of nitro benzene ring substituents is 1.